The lowest BCUT2D eigenvalue weighted by Crippen LogP contribution is -2.16. The van der Waals surface area contributed by atoms with Gasteiger partial charge in [0.15, 0.2) is 6.61 Å². The van der Waals surface area contributed by atoms with E-state index in [0.717, 1.165) is 24.0 Å². The number of aliphatic hydroxyl groups excluding tert-OH is 1. The van der Waals surface area contributed by atoms with Crippen LogP contribution in [0.25, 0.3) is 0 Å². The third-order valence-corrected chi connectivity index (χ3v) is 3.97. The molecule has 0 radical (unpaired) electrons. The quantitative estimate of drug-likeness (QED) is 0.626. The molecule has 0 fully saturated rings. The van der Waals surface area contributed by atoms with E-state index in [9.17, 15) is 9.59 Å². The van der Waals surface area contributed by atoms with Crippen molar-refractivity contribution in [3.63, 3.8) is 0 Å². The Bertz CT molecular complexity index is 717. The number of carbonyl (C=O) groups is 2. The number of Topliss-reactive ketones (excluding diaryl/α,β-unsaturated/α-hetero) is 1. The van der Waals surface area contributed by atoms with E-state index in [2.05, 4.69) is 0 Å². The lowest BCUT2D eigenvalue weighted by atomic mass is 9.98. The van der Waals surface area contributed by atoms with Crippen LogP contribution in [0, 0.1) is 0 Å². The van der Waals surface area contributed by atoms with E-state index in [1.807, 2.05) is 32.0 Å². The Hall–Kier alpha value is -2.46. The molecule has 2 aromatic rings. The number of rotatable bonds is 7. The molecule has 1 N–H and O–H groups in total. The summed E-state index contributed by atoms with van der Waals surface area (Å²) in [5.41, 5.74) is 3.74. The first-order valence-corrected chi connectivity index (χ1v) is 8.11. The first-order chi connectivity index (χ1) is 11.6. The fourth-order valence-electron chi connectivity index (χ4n) is 2.45. The van der Waals surface area contributed by atoms with Crippen LogP contribution in [0.3, 0.4) is 0 Å². The van der Waals surface area contributed by atoms with Crippen molar-refractivity contribution >= 4 is 11.8 Å². The number of ether oxygens (including phenoxy) is 1. The van der Waals surface area contributed by atoms with Crippen molar-refractivity contribution in [1.29, 1.82) is 0 Å². The van der Waals surface area contributed by atoms with Crippen LogP contribution in [0.4, 0.5) is 0 Å². The SMILES string of the molecule is CCc1ccc(CC)c(C(=O)COC(=O)c2ccc(CO)cc2)c1. The second-order valence-electron chi connectivity index (χ2n) is 5.55. The Balaban J connectivity index is 2.05. The van der Waals surface area contributed by atoms with Crippen molar-refractivity contribution < 1.29 is 19.4 Å². The number of hydrogen-bond acceptors (Lipinski definition) is 4. The van der Waals surface area contributed by atoms with Crippen LogP contribution >= 0.6 is 0 Å². The van der Waals surface area contributed by atoms with E-state index >= 15 is 0 Å². The minimum Gasteiger partial charge on any atom is -0.454 e. The van der Waals surface area contributed by atoms with Gasteiger partial charge in [-0.2, -0.15) is 0 Å². The predicted molar refractivity (Wildman–Crippen MR) is 92.2 cm³/mol. The van der Waals surface area contributed by atoms with Gasteiger partial charge in [-0.25, -0.2) is 4.79 Å². The fraction of sp³-hybridized carbons (Fsp3) is 0.300. The molecule has 0 saturated carbocycles. The van der Waals surface area contributed by atoms with Gasteiger partial charge in [-0.15, -0.1) is 0 Å². The predicted octanol–water partition coefficient (Wildman–Crippen LogP) is 3.34. The molecule has 2 aromatic carbocycles. The Kier molecular flexibility index (Phi) is 6.27. The molecule has 0 atom stereocenters. The molecule has 0 unspecified atom stereocenters. The molecule has 4 heteroatoms. The summed E-state index contributed by atoms with van der Waals surface area (Å²) < 4.78 is 5.14. The highest BCUT2D eigenvalue weighted by molar-refractivity contribution is 6.00. The van der Waals surface area contributed by atoms with Gasteiger partial charge in [0, 0.05) is 5.56 Å². The number of aliphatic hydroxyl groups is 1. The zero-order valence-electron chi connectivity index (χ0n) is 14.0. The second kappa shape index (κ2) is 8.41. The molecule has 126 valence electrons. The van der Waals surface area contributed by atoms with Crippen molar-refractivity contribution in [3.05, 3.63) is 70.3 Å². The number of carbonyl (C=O) groups excluding carboxylic acids is 2. The van der Waals surface area contributed by atoms with E-state index in [0.29, 0.717) is 16.7 Å². The standard InChI is InChI=1S/C20H22O4/c1-3-14-5-8-16(4-2)18(11-14)19(22)13-24-20(23)17-9-6-15(12-21)7-10-17/h5-11,21H,3-4,12-13H2,1-2H3. The smallest absolute Gasteiger partial charge is 0.338 e. The zero-order valence-corrected chi connectivity index (χ0v) is 14.0. The molecular weight excluding hydrogens is 304 g/mol. The Morgan fingerprint density at radius 1 is 0.958 bits per heavy atom. The van der Waals surface area contributed by atoms with Gasteiger partial charge in [-0.1, -0.05) is 38.1 Å². The van der Waals surface area contributed by atoms with Crippen LogP contribution in [0.15, 0.2) is 42.5 Å². The lowest BCUT2D eigenvalue weighted by molar-refractivity contribution is 0.0474. The van der Waals surface area contributed by atoms with E-state index in [1.165, 1.54) is 0 Å². The average Bonchev–Trinajstić information content (AvgIpc) is 2.65. The molecular formula is C20H22O4. The topological polar surface area (TPSA) is 63.6 Å². The number of ketones is 1. The largest absolute Gasteiger partial charge is 0.454 e. The highest BCUT2D eigenvalue weighted by Gasteiger charge is 2.15. The van der Waals surface area contributed by atoms with Gasteiger partial charge in [0.25, 0.3) is 0 Å². The van der Waals surface area contributed by atoms with E-state index in [4.69, 9.17) is 9.84 Å². The summed E-state index contributed by atoms with van der Waals surface area (Å²) in [7, 11) is 0. The summed E-state index contributed by atoms with van der Waals surface area (Å²) in [5, 5.41) is 9.00. The molecule has 0 aromatic heterocycles. The second-order valence-corrected chi connectivity index (χ2v) is 5.55. The summed E-state index contributed by atoms with van der Waals surface area (Å²) in [4.78, 5) is 24.4. The van der Waals surface area contributed by atoms with Crippen LogP contribution in [0.5, 0.6) is 0 Å². The Morgan fingerprint density at radius 3 is 2.21 bits per heavy atom. The molecule has 0 bridgehead atoms. The molecule has 0 heterocycles. The molecule has 0 aliphatic rings. The third kappa shape index (κ3) is 4.30. The minimum absolute atomic E-state index is 0.0820. The van der Waals surface area contributed by atoms with Gasteiger partial charge in [0.05, 0.1) is 12.2 Å². The minimum atomic E-state index is -0.544. The van der Waals surface area contributed by atoms with Gasteiger partial charge >= 0.3 is 5.97 Å². The summed E-state index contributed by atoms with van der Waals surface area (Å²) >= 11 is 0. The van der Waals surface area contributed by atoms with E-state index in [-0.39, 0.29) is 19.0 Å². The molecule has 0 amide bonds. The van der Waals surface area contributed by atoms with Gasteiger partial charge in [-0.3, -0.25) is 4.79 Å². The van der Waals surface area contributed by atoms with Gasteiger partial charge < -0.3 is 9.84 Å². The van der Waals surface area contributed by atoms with E-state index < -0.39 is 5.97 Å². The van der Waals surface area contributed by atoms with Crippen molar-refractivity contribution in [3.8, 4) is 0 Å². The third-order valence-electron chi connectivity index (χ3n) is 3.97. The van der Waals surface area contributed by atoms with Crippen LogP contribution in [-0.2, 0) is 24.2 Å². The average molecular weight is 326 g/mol. The summed E-state index contributed by atoms with van der Waals surface area (Å²) in [5.74, 6) is -0.736. The Labute approximate surface area is 142 Å². The highest BCUT2D eigenvalue weighted by Crippen LogP contribution is 2.15. The van der Waals surface area contributed by atoms with Crippen LogP contribution in [0.2, 0.25) is 0 Å². The molecule has 0 spiro atoms. The lowest BCUT2D eigenvalue weighted by Gasteiger charge is -2.10. The van der Waals surface area contributed by atoms with Gasteiger partial charge in [0.1, 0.15) is 0 Å². The van der Waals surface area contributed by atoms with E-state index in [1.54, 1.807) is 24.3 Å². The molecule has 2 rings (SSSR count). The molecule has 4 nitrogen and oxygen atoms in total. The molecule has 0 aliphatic carbocycles. The van der Waals surface area contributed by atoms with Crippen molar-refractivity contribution in [2.75, 3.05) is 6.61 Å². The number of hydrogen-bond donors (Lipinski definition) is 1. The maximum absolute atomic E-state index is 12.4. The summed E-state index contributed by atoms with van der Waals surface area (Å²) in [6, 6.07) is 12.3. The number of aryl methyl sites for hydroxylation is 2. The maximum atomic E-state index is 12.4. The van der Waals surface area contributed by atoms with Gasteiger partial charge in [0.2, 0.25) is 5.78 Å². The monoisotopic (exact) mass is 326 g/mol. The highest BCUT2D eigenvalue weighted by atomic mass is 16.5. The van der Waals surface area contributed by atoms with Crippen LogP contribution < -0.4 is 0 Å². The van der Waals surface area contributed by atoms with Crippen molar-refractivity contribution in [2.24, 2.45) is 0 Å². The van der Waals surface area contributed by atoms with Crippen molar-refractivity contribution in [2.45, 2.75) is 33.3 Å². The van der Waals surface area contributed by atoms with Crippen LogP contribution in [-0.4, -0.2) is 23.5 Å². The molecule has 0 saturated heterocycles. The molecule has 0 aliphatic heterocycles. The van der Waals surface area contributed by atoms with Crippen molar-refractivity contribution in [1.82, 2.24) is 0 Å². The van der Waals surface area contributed by atoms with Gasteiger partial charge in [-0.05, 0) is 47.7 Å². The first kappa shape index (κ1) is 17.9. The first-order valence-electron chi connectivity index (χ1n) is 8.11. The number of benzene rings is 2. The van der Waals surface area contributed by atoms with Crippen LogP contribution in [0.1, 0.15) is 51.3 Å². The normalized spacial score (nSPS) is 10.5. The Morgan fingerprint density at radius 2 is 1.62 bits per heavy atom. The molecule has 24 heavy (non-hydrogen) atoms. The zero-order chi connectivity index (χ0) is 17.5. The summed E-state index contributed by atoms with van der Waals surface area (Å²) in [6.45, 7) is 3.67. The summed E-state index contributed by atoms with van der Waals surface area (Å²) in [6.07, 6.45) is 1.60. The number of esters is 1. The maximum Gasteiger partial charge on any atom is 0.338 e. The fourth-order valence-corrected chi connectivity index (χ4v) is 2.45.